The molecule has 3 aromatic rings. The number of rotatable bonds is 9. The van der Waals surface area contributed by atoms with Crippen LogP contribution < -0.4 is 14.4 Å². The molecule has 2 aromatic carbocycles. The molecule has 0 saturated carbocycles. The monoisotopic (exact) mass is 585 g/mol. The Labute approximate surface area is 244 Å². The molecule has 212 valence electrons. The van der Waals surface area contributed by atoms with Gasteiger partial charge >= 0.3 is 0 Å². The molecule has 1 saturated heterocycles. The first-order valence-corrected chi connectivity index (χ1v) is 13.8. The van der Waals surface area contributed by atoms with E-state index in [2.05, 4.69) is 21.9 Å². The summed E-state index contributed by atoms with van der Waals surface area (Å²) >= 11 is 13.0. The average molecular weight is 587 g/mol. The second-order valence-corrected chi connectivity index (χ2v) is 10.3. The van der Waals surface area contributed by atoms with Gasteiger partial charge in [-0.15, -0.1) is 0 Å². The summed E-state index contributed by atoms with van der Waals surface area (Å²) in [6.45, 7) is 5.48. The lowest BCUT2D eigenvalue weighted by Crippen LogP contribution is -2.47. The maximum atomic E-state index is 13.4. The van der Waals surface area contributed by atoms with Crippen LogP contribution in [0.15, 0.2) is 42.7 Å². The third kappa shape index (κ3) is 6.66. The number of anilines is 1. The van der Waals surface area contributed by atoms with Gasteiger partial charge in [-0.25, -0.2) is 9.97 Å². The van der Waals surface area contributed by atoms with E-state index >= 15 is 0 Å². The van der Waals surface area contributed by atoms with Crippen LogP contribution in [0.2, 0.25) is 10.0 Å². The highest BCUT2D eigenvalue weighted by Crippen LogP contribution is 2.40. The fraction of sp³-hybridized carbons (Fsp3) is 0.379. The van der Waals surface area contributed by atoms with Crippen LogP contribution in [0.1, 0.15) is 34.1 Å². The molecule has 9 nitrogen and oxygen atoms in total. The lowest BCUT2D eigenvalue weighted by molar-refractivity contribution is -0.118. The van der Waals surface area contributed by atoms with Crippen LogP contribution in [-0.2, 0) is 17.6 Å². The summed E-state index contributed by atoms with van der Waals surface area (Å²) < 4.78 is 10.6. The fourth-order valence-electron chi connectivity index (χ4n) is 4.60. The van der Waals surface area contributed by atoms with Gasteiger partial charge in [-0.05, 0) is 31.7 Å². The Morgan fingerprint density at radius 3 is 2.15 bits per heavy atom. The van der Waals surface area contributed by atoms with Crippen molar-refractivity contribution >= 4 is 40.8 Å². The van der Waals surface area contributed by atoms with Crippen molar-refractivity contribution in [3.05, 3.63) is 75.2 Å². The van der Waals surface area contributed by atoms with Crippen LogP contribution in [0.25, 0.3) is 0 Å². The molecule has 2 heterocycles. The fourth-order valence-corrected chi connectivity index (χ4v) is 5.24. The third-order valence-electron chi connectivity index (χ3n) is 6.97. The van der Waals surface area contributed by atoms with Gasteiger partial charge in [0.05, 0.1) is 36.4 Å². The molecule has 0 N–H and O–H groups in total. The summed E-state index contributed by atoms with van der Waals surface area (Å²) in [5, 5.41) is 0.520. The Bertz CT molecular complexity index is 1330. The number of ether oxygens (including phenoxy) is 2. The van der Waals surface area contributed by atoms with Gasteiger partial charge in [0.15, 0.2) is 0 Å². The van der Waals surface area contributed by atoms with E-state index in [0.717, 1.165) is 37.4 Å². The van der Waals surface area contributed by atoms with Crippen molar-refractivity contribution in [2.75, 3.05) is 58.9 Å². The maximum absolute atomic E-state index is 13.4. The second kappa shape index (κ2) is 13.3. The first-order valence-electron chi connectivity index (χ1n) is 13.0. The molecule has 11 heteroatoms. The van der Waals surface area contributed by atoms with Gasteiger partial charge in [-0.2, -0.15) is 0 Å². The molecule has 0 unspecified atom stereocenters. The molecule has 2 amide bonds. The number of hydrogen-bond donors (Lipinski definition) is 0. The van der Waals surface area contributed by atoms with Gasteiger partial charge in [-0.1, -0.05) is 35.3 Å². The Balaban J connectivity index is 1.47. The van der Waals surface area contributed by atoms with Crippen molar-refractivity contribution in [3.63, 3.8) is 0 Å². The predicted octanol–water partition coefficient (Wildman–Crippen LogP) is 4.37. The second-order valence-electron chi connectivity index (χ2n) is 9.54. The number of carbonyl (C=O) groups is 2. The highest BCUT2D eigenvalue weighted by molar-refractivity contribution is 6.38. The van der Waals surface area contributed by atoms with Crippen molar-refractivity contribution in [2.24, 2.45) is 0 Å². The molecule has 4 rings (SSSR count). The Morgan fingerprint density at radius 1 is 0.950 bits per heavy atom. The van der Waals surface area contributed by atoms with Crippen LogP contribution in [0.5, 0.6) is 11.5 Å². The van der Waals surface area contributed by atoms with Crippen LogP contribution >= 0.6 is 23.2 Å². The van der Waals surface area contributed by atoms with E-state index in [0.29, 0.717) is 41.4 Å². The standard InChI is InChI=1S/C29H33Cl2N5O4/c1-5-36(26(37)16-22-27(30)23(39-3)17-24(40-4)28(22)31)25-15-21(32-18-33-25)14-19-6-8-20(9-7-19)29(38)35-12-10-34(2)11-13-35/h6-9,15,17-18H,5,10-14,16H2,1-4H3. The van der Waals surface area contributed by atoms with Gasteiger partial charge in [0.2, 0.25) is 5.91 Å². The predicted molar refractivity (Wildman–Crippen MR) is 156 cm³/mol. The molecule has 1 aromatic heterocycles. The van der Waals surface area contributed by atoms with Crippen molar-refractivity contribution in [3.8, 4) is 11.5 Å². The van der Waals surface area contributed by atoms with E-state index < -0.39 is 0 Å². The first kappa shape index (κ1) is 29.6. The maximum Gasteiger partial charge on any atom is 0.253 e. The van der Waals surface area contributed by atoms with E-state index in [1.807, 2.05) is 36.1 Å². The van der Waals surface area contributed by atoms with Gasteiger partial charge < -0.3 is 19.3 Å². The normalized spacial score (nSPS) is 13.7. The van der Waals surface area contributed by atoms with Gasteiger partial charge in [0.1, 0.15) is 23.6 Å². The van der Waals surface area contributed by atoms with E-state index in [1.54, 1.807) is 17.0 Å². The quantitative estimate of drug-likeness (QED) is 0.368. The first-order chi connectivity index (χ1) is 19.2. The van der Waals surface area contributed by atoms with Crippen LogP contribution in [-0.4, -0.2) is 85.6 Å². The Hall–Kier alpha value is -3.40. The SMILES string of the molecule is CCN(C(=O)Cc1c(Cl)c(OC)cc(OC)c1Cl)c1cc(Cc2ccc(C(=O)N3CCN(C)CC3)cc2)ncn1. The van der Waals surface area contributed by atoms with Crippen LogP contribution in [0.3, 0.4) is 0 Å². The number of piperazine rings is 1. The molecule has 0 spiro atoms. The summed E-state index contributed by atoms with van der Waals surface area (Å²) in [6, 6.07) is 11.0. The number of carbonyl (C=O) groups excluding carboxylic acids is 2. The lowest BCUT2D eigenvalue weighted by Gasteiger charge is -2.32. The summed E-state index contributed by atoms with van der Waals surface area (Å²) in [7, 11) is 5.04. The Kier molecular flexibility index (Phi) is 9.84. The molecule has 1 aliphatic rings. The summed E-state index contributed by atoms with van der Waals surface area (Å²) in [4.78, 5) is 40.7. The molecular formula is C29H33Cl2N5O4. The Morgan fingerprint density at radius 2 is 1.57 bits per heavy atom. The zero-order valence-electron chi connectivity index (χ0n) is 23.1. The summed E-state index contributed by atoms with van der Waals surface area (Å²) in [6.07, 6.45) is 1.90. The third-order valence-corrected chi connectivity index (χ3v) is 7.80. The van der Waals surface area contributed by atoms with Crippen LogP contribution in [0, 0.1) is 0 Å². The lowest BCUT2D eigenvalue weighted by atomic mass is 10.1. The number of nitrogens with zero attached hydrogens (tertiary/aromatic N) is 5. The summed E-state index contributed by atoms with van der Waals surface area (Å²) in [5.74, 6) is 1.03. The van der Waals surface area contributed by atoms with E-state index in [4.69, 9.17) is 32.7 Å². The molecular weight excluding hydrogens is 553 g/mol. The number of benzene rings is 2. The van der Waals surface area contributed by atoms with Crippen molar-refractivity contribution < 1.29 is 19.1 Å². The topological polar surface area (TPSA) is 88.1 Å². The largest absolute Gasteiger partial charge is 0.495 e. The van der Waals surface area contributed by atoms with Crippen molar-refractivity contribution in [2.45, 2.75) is 19.8 Å². The number of likely N-dealkylation sites (N-methyl/N-ethyl adjacent to an activating group) is 2. The molecule has 40 heavy (non-hydrogen) atoms. The smallest absolute Gasteiger partial charge is 0.253 e. The highest BCUT2D eigenvalue weighted by Gasteiger charge is 2.24. The average Bonchev–Trinajstić information content (AvgIpc) is 2.96. The number of aromatic nitrogens is 2. The van der Waals surface area contributed by atoms with E-state index in [9.17, 15) is 9.59 Å². The van der Waals surface area contributed by atoms with Gasteiger partial charge in [-0.3, -0.25) is 14.5 Å². The minimum Gasteiger partial charge on any atom is -0.495 e. The van der Waals surface area contributed by atoms with E-state index in [-0.39, 0.29) is 28.3 Å². The minimum atomic E-state index is -0.238. The molecule has 0 atom stereocenters. The highest BCUT2D eigenvalue weighted by atomic mass is 35.5. The number of amides is 2. The molecule has 1 aliphatic heterocycles. The molecule has 0 radical (unpaired) electrons. The van der Waals surface area contributed by atoms with Crippen LogP contribution in [0.4, 0.5) is 5.82 Å². The van der Waals surface area contributed by atoms with E-state index in [1.165, 1.54) is 20.5 Å². The van der Waals surface area contributed by atoms with Crippen molar-refractivity contribution in [1.29, 1.82) is 0 Å². The van der Waals surface area contributed by atoms with Gasteiger partial charge in [0.25, 0.3) is 5.91 Å². The molecule has 0 aliphatic carbocycles. The van der Waals surface area contributed by atoms with Crippen molar-refractivity contribution in [1.82, 2.24) is 19.8 Å². The summed E-state index contributed by atoms with van der Waals surface area (Å²) in [5.41, 5.74) is 2.83. The molecule has 0 bridgehead atoms. The van der Waals surface area contributed by atoms with Gasteiger partial charge in [0, 0.05) is 62.4 Å². The number of halogens is 2. The number of hydrogen-bond acceptors (Lipinski definition) is 7. The zero-order valence-corrected chi connectivity index (χ0v) is 24.6. The zero-order chi connectivity index (χ0) is 28.8. The minimum absolute atomic E-state index is 0.0509. The molecule has 1 fully saturated rings. The number of methoxy groups -OCH3 is 2.